The van der Waals surface area contributed by atoms with Gasteiger partial charge in [-0.1, -0.05) is 18.2 Å². The van der Waals surface area contributed by atoms with Crippen LogP contribution in [0.2, 0.25) is 0 Å². The second-order valence-corrected chi connectivity index (χ2v) is 5.66. The van der Waals surface area contributed by atoms with Crippen LogP contribution in [0.4, 0.5) is 0 Å². The zero-order chi connectivity index (χ0) is 13.1. The molecule has 5 heteroatoms. The lowest BCUT2D eigenvalue weighted by atomic mass is 10.2. The van der Waals surface area contributed by atoms with Crippen LogP contribution >= 0.6 is 27.3 Å². The average Bonchev–Trinajstić information content (AvgIpc) is 2.77. The Kier molecular flexibility index (Phi) is 4.04. The first-order valence-corrected chi connectivity index (χ1v) is 7.02. The lowest BCUT2D eigenvalue weighted by molar-refractivity contribution is 0.0788. The molecule has 3 nitrogen and oxygen atoms in total. The van der Waals surface area contributed by atoms with Gasteiger partial charge < -0.3 is 10.0 Å². The molecule has 2 aromatic rings. The largest absolute Gasteiger partial charge is 0.508 e. The molecule has 0 saturated carbocycles. The fourth-order valence-corrected chi connectivity index (χ4v) is 3.13. The molecule has 2 rings (SSSR count). The Morgan fingerprint density at radius 2 is 2.11 bits per heavy atom. The van der Waals surface area contributed by atoms with Crippen LogP contribution in [0.5, 0.6) is 5.75 Å². The Balaban J connectivity index is 2.14. The highest BCUT2D eigenvalue weighted by atomic mass is 79.9. The Morgan fingerprint density at radius 1 is 1.39 bits per heavy atom. The van der Waals surface area contributed by atoms with Gasteiger partial charge in [-0.15, -0.1) is 11.3 Å². The average molecular weight is 326 g/mol. The Hall–Kier alpha value is -1.33. The van der Waals surface area contributed by atoms with Crippen LogP contribution in [-0.2, 0) is 6.54 Å². The van der Waals surface area contributed by atoms with Gasteiger partial charge in [0.15, 0.2) is 0 Å². The van der Waals surface area contributed by atoms with Crippen LogP contribution < -0.4 is 0 Å². The number of para-hydroxylation sites is 1. The normalized spacial score (nSPS) is 10.3. The fourth-order valence-electron chi connectivity index (χ4n) is 1.59. The first-order chi connectivity index (χ1) is 8.59. The molecule has 0 aliphatic heterocycles. The predicted molar refractivity (Wildman–Crippen MR) is 75.9 cm³/mol. The van der Waals surface area contributed by atoms with E-state index in [1.165, 1.54) is 11.3 Å². The van der Waals surface area contributed by atoms with Crippen LogP contribution in [0, 0.1) is 0 Å². The molecule has 0 fully saturated rings. The van der Waals surface area contributed by atoms with Crippen LogP contribution in [0.25, 0.3) is 0 Å². The number of phenols is 1. The van der Waals surface area contributed by atoms with E-state index in [0.29, 0.717) is 11.4 Å². The smallest absolute Gasteiger partial charge is 0.265 e. The maximum absolute atomic E-state index is 12.2. The van der Waals surface area contributed by atoms with Crippen LogP contribution in [0.1, 0.15) is 15.2 Å². The van der Waals surface area contributed by atoms with Crippen LogP contribution in [0.15, 0.2) is 40.2 Å². The van der Waals surface area contributed by atoms with E-state index in [1.54, 1.807) is 24.1 Å². The quantitative estimate of drug-likeness (QED) is 0.938. The van der Waals surface area contributed by atoms with Gasteiger partial charge in [0.25, 0.3) is 5.91 Å². The van der Waals surface area contributed by atoms with Gasteiger partial charge in [0.05, 0.1) is 0 Å². The van der Waals surface area contributed by atoms with E-state index < -0.39 is 0 Å². The van der Waals surface area contributed by atoms with Crippen molar-refractivity contribution in [2.45, 2.75) is 6.54 Å². The highest BCUT2D eigenvalue weighted by Gasteiger charge is 2.17. The summed E-state index contributed by atoms with van der Waals surface area (Å²) in [6.45, 7) is 0.385. The van der Waals surface area contributed by atoms with E-state index in [4.69, 9.17) is 0 Å². The molecule has 1 amide bonds. The number of carbonyl (C=O) groups excluding carboxylic acids is 1. The lowest BCUT2D eigenvalue weighted by Gasteiger charge is -2.17. The van der Waals surface area contributed by atoms with Crippen molar-refractivity contribution < 1.29 is 9.90 Å². The molecule has 0 radical (unpaired) electrons. The molecule has 0 atom stereocenters. The highest BCUT2D eigenvalue weighted by molar-refractivity contribution is 9.10. The highest BCUT2D eigenvalue weighted by Crippen LogP contribution is 2.25. The maximum atomic E-state index is 12.2. The molecule has 0 saturated heterocycles. The number of carbonyl (C=O) groups is 1. The third-order valence-corrected chi connectivity index (χ3v) is 4.38. The molecule has 0 aliphatic rings. The Labute approximate surface area is 118 Å². The molecule has 1 heterocycles. The predicted octanol–water partition coefficient (Wildman–Crippen LogP) is 3.49. The summed E-state index contributed by atoms with van der Waals surface area (Å²) in [4.78, 5) is 14.4. The first-order valence-electron chi connectivity index (χ1n) is 5.35. The van der Waals surface area contributed by atoms with E-state index >= 15 is 0 Å². The molecule has 0 unspecified atom stereocenters. The molecule has 1 N–H and O–H groups in total. The molecule has 0 bridgehead atoms. The number of halogens is 1. The molecular formula is C13H12BrNO2S. The van der Waals surface area contributed by atoms with E-state index in [1.807, 2.05) is 23.6 Å². The molecular weight excluding hydrogens is 314 g/mol. The first kappa shape index (κ1) is 13.1. The van der Waals surface area contributed by atoms with E-state index in [-0.39, 0.29) is 11.7 Å². The van der Waals surface area contributed by atoms with Gasteiger partial charge in [-0.25, -0.2) is 0 Å². The number of thiophene rings is 1. The second kappa shape index (κ2) is 5.54. The van der Waals surface area contributed by atoms with Gasteiger partial charge in [-0.2, -0.15) is 0 Å². The lowest BCUT2D eigenvalue weighted by Crippen LogP contribution is -2.25. The number of amides is 1. The second-order valence-electron chi connectivity index (χ2n) is 3.89. The van der Waals surface area contributed by atoms with Crippen molar-refractivity contribution in [2.75, 3.05) is 7.05 Å². The summed E-state index contributed by atoms with van der Waals surface area (Å²) in [5.41, 5.74) is 0.737. The van der Waals surface area contributed by atoms with Crippen molar-refractivity contribution >= 4 is 33.2 Å². The molecule has 1 aromatic carbocycles. The Morgan fingerprint density at radius 3 is 2.72 bits per heavy atom. The number of rotatable bonds is 3. The topological polar surface area (TPSA) is 40.5 Å². The maximum Gasteiger partial charge on any atom is 0.265 e. The standard InChI is InChI=1S/C13H12BrNO2S/c1-15(8-9-4-2-3-5-11(9)16)13(17)12-10(14)6-7-18-12/h2-7,16H,8H2,1H3. The molecule has 18 heavy (non-hydrogen) atoms. The molecule has 0 spiro atoms. The van der Waals surface area contributed by atoms with Gasteiger partial charge >= 0.3 is 0 Å². The van der Waals surface area contributed by atoms with Crippen LogP contribution in [-0.4, -0.2) is 23.0 Å². The summed E-state index contributed by atoms with van der Waals surface area (Å²) >= 11 is 4.75. The third kappa shape index (κ3) is 2.73. The van der Waals surface area contributed by atoms with E-state index in [9.17, 15) is 9.90 Å². The molecule has 1 aromatic heterocycles. The Bertz CT molecular complexity index is 568. The summed E-state index contributed by atoms with van der Waals surface area (Å²) in [6, 6.07) is 8.88. The van der Waals surface area contributed by atoms with Crippen molar-refractivity contribution in [3.05, 3.63) is 50.6 Å². The zero-order valence-corrected chi connectivity index (χ0v) is 12.2. The van der Waals surface area contributed by atoms with Crippen molar-refractivity contribution in [3.8, 4) is 5.75 Å². The minimum atomic E-state index is -0.0554. The third-order valence-electron chi connectivity index (χ3n) is 2.56. The minimum Gasteiger partial charge on any atom is -0.508 e. The minimum absolute atomic E-state index is 0.0554. The molecule has 94 valence electrons. The number of nitrogens with zero attached hydrogens (tertiary/aromatic N) is 1. The van der Waals surface area contributed by atoms with Gasteiger partial charge in [-0.05, 0) is 33.4 Å². The van der Waals surface area contributed by atoms with Gasteiger partial charge in [-0.3, -0.25) is 4.79 Å². The monoisotopic (exact) mass is 325 g/mol. The summed E-state index contributed by atoms with van der Waals surface area (Å²) in [5.74, 6) is 0.155. The summed E-state index contributed by atoms with van der Waals surface area (Å²) < 4.78 is 0.807. The van der Waals surface area contributed by atoms with Crippen molar-refractivity contribution in [1.29, 1.82) is 0 Å². The van der Waals surface area contributed by atoms with Crippen molar-refractivity contribution in [3.63, 3.8) is 0 Å². The number of benzene rings is 1. The SMILES string of the molecule is CN(Cc1ccccc1O)C(=O)c1sccc1Br. The van der Waals surface area contributed by atoms with Gasteiger partial charge in [0.2, 0.25) is 0 Å². The zero-order valence-electron chi connectivity index (χ0n) is 9.76. The van der Waals surface area contributed by atoms with Crippen LogP contribution in [0.3, 0.4) is 0 Å². The summed E-state index contributed by atoms with van der Waals surface area (Å²) in [5, 5.41) is 11.5. The van der Waals surface area contributed by atoms with Gasteiger partial charge in [0, 0.05) is 23.6 Å². The van der Waals surface area contributed by atoms with Crippen molar-refractivity contribution in [2.24, 2.45) is 0 Å². The number of aromatic hydroxyl groups is 1. The van der Waals surface area contributed by atoms with Gasteiger partial charge in [0.1, 0.15) is 10.6 Å². The number of hydrogen-bond donors (Lipinski definition) is 1. The number of hydrogen-bond acceptors (Lipinski definition) is 3. The van der Waals surface area contributed by atoms with E-state index in [0.717, 1.165) is 10.0 Å². The summed E-state index contributed by atoms with van der Waals surface area (Å²) in [7, 11) is 1.72. The van der Waals surface area contributed by atoms with E-state index in [2.05, 4.69) is 15.9 Å². The molecule has 0 aliphatic carbocycles. The number of phenolic OH excluding ortho intramolecular Hbond substituents is 1. The van der Waals surface area contributed by atoms with Crippen molar-refractivity contribution in [1.82, 2.24) is 4.90 Å². The fraction of sp³-hybridized carbons (Fsp3) is 0.154. The summed E-state index contributed by atoms with van der Waals surface area (Å²) in [6.07, 6.45) is 0.